The number of aromatic nitrogens is 1. The van der Waals surface area contributed by atoms with E-state index in [9.17, 15) is 9.59 Å². The smallest absolute Gasteiger partial charge is 0.338 e. The van der Waals surface area contributed by atoms with Crippen molar-refractivity contribution in [1.82, 2.24) is 4.57 Å². The zero-order valence-electron chi connectivity index (χ0n) is 27.3. The van der Waals surface area contributed by atoms with E-state index in [1.54, 1.807) is 55.9 Å². The topological polar surface area (TPSA) is 88.4 Å². The van der Waals surface area contributed by atoms with E-state index >= 15 is 0 Å². The summed E-state index contributed by atoms with van der Waals surface area (Å²) in [5.74, 6) is 1.19. The van der Waals surface area contributed by atoms with Crippen LogP contribution in [0.1, 0.15) is 56.0 Å². The lowest BCUT2D eigenvalue weighted by molar-refractivity contribution is -0.139. The summed E-state index contributed by atoms with van der Waals surface area (Å²) >= 11 is 13.5. The Labute approximate surface area is 293 Å². The lowest BCUT2D eigenvalue weighted by Crippen LogP contribution is -2.40. The highest BCUT2D eigenvalue weighted by Crippen LogP contribution is 2.36. The van der Waals surface area contributed by atoms with E-state index in [2.05, 4.69) is 11.6 Å². The Morgan fingerprint density at radius 1 is 1.06 bits per heavy atom. The zero-order valence-corrected chi connectivity index (χ0v) is 29.7. The molecule has 0 saturated carbocycles. The molecule has 0 spiro atoms. The Balaban J connectivity index is 1.57. The van der Waals surface area contributed by atoms with Gasteiger partial charge in [-0.15, -0.1) is 6.58 Å². The van der Waals surface area contributed by atoms with Crippen LogP contribution in [0.5, 0.6) is 17.2 Å². The van der Waals surface area contributed by atoms with Gasteiger partial charge in [0.25, 0.3) is 5.56 Å². The van der Waals surface area contributed by atoms with Gasteiger partial charge in [0.15, 0.2) is 16.3 Å². The van der Waals surface area contributed by atoms with Gasteiger partial charge in [0, 0.05) is 0 Å². The quantitative estimate of drug-likeness (QED) is 0.114. The first-order valence-electron chi connectivity index (χ1n) is 15.4. The molecule has 0 radical (unpaired) electrons. The van der Waals surface area contributed by atoms with Gasteiger partial charge in [-0.3, -0.25) is 9.36 Å². The van der Waals surface area contributed by atoms with Crippen LogP contribution >= 0.6 is 34.5 Å². The molecule has 5 rings (SSSR count). The van der Waals surface area contributed by atoms with Gasteiger partial charge in [-0.05, 0) is 98.8 Å². The first-order valence-corrected chi connectivity index (χ1v) is 17.0. The van der Waals surface area contributed by atoms with Crippen LogP contribution < -0.4 is 29.1 Å². The lowest BCUT2D eigenvalue weighted by atomic mass is 9.95. The molecule has 1 aliphatic rings. The fraction of sp³-hybridized carbons (Fsp3) is 0.270. The standard InChI is InChI=1S/C37H36Cl2N2O6S/c1-7-9-25-16-23(11-14-29(25)46-20-24-10-13-27(38)28(39)17-24)18-32-35(42)41-34(26-12-15-30(47-21(3)4)31(19-26)44-6)33(36(43)45-8-2)22(5)40-37(41)48-32/h7,10-19,21,34H,1,8-9,20H2,2-6H3/b32-18-/t34-/m0/s1. The third-order valence-electron chi connectivity index (χ3n) is 7.51. The van der Waals surface area contributed by atoms with Gasteiger partial charge in [0.2, 0.25) is 0 Å². The van der Waals surface area contributed by atoms with Crippen molar-refractivity contribution in [3.63, 3.8) is 0 Å². The molecule has 250 valence electrons. The summed E-state index contributed by atoms with van der Waals surface area (Å²) in [7, 11) is 1.55. The Morgan fingerprint density at radius 2 is 1.83 bits per heavy atom. The number of thiazole rings is 1. The number of carbonyl (C=O) groups excluding carboxylic acids is 1. The fourth-order valence-electron chi connectivity index (χ4n) is 5.40. The maximum Gasteiger partial charge on any atom is 0.338 e. The third kappa shape index (κ3) is 7.54. The van der Waals surface area contributed by atoms with Crippen LogP contribution in [-0.4, -0.2) is 30.4 Å². The van der Waals surface area contributed by atoms with Crippen molar-refractivity contribution in [1.29, 1.82) is 0 Å². The number of rotatable bonds is 12. The van der Waals surface area contributed by atoms with E-state index in [0.717, 1.165) is 16.7 Å². The van der Waals surface area contributed by atoms with E-state index in [4.69, 9.17) is 42.1 Å². The molecule has 0 fully saturated rings. The van der Waals surface area contributed by atoms with Gasteiger partial charge in [-0.25, -0.2) is 9.79 Å². The van der Waals surface area contributed by atoms with Gasteiger partial charge in [0.05, 0.1) is 51.7 Å². The minimum atomic E-state index is -0.794. The SMILES string of the molecule is C=CCc1cc(/C=c2\sc3n(c2=O)[C@@H](c2ccc(OC(C)C)c(OC)c2)C(C(=O)OCC)=C(C)N=3)ccc1OCc1ccc(Cl)c(Cl)c1. The molecule has 3 aromatic carbocycles. The Morgan fingerprint density at radius 3 is 2.52 bits per heavy atom. The molecule has 1 aliphatic heterocycles. The third-order valence-corrected chi connectivity index (χ3v) is 9.23. The molecule has 2 heterocycles. The van der Waals surface area contributed by atoms with E-state index < -0.39 is 12.0 Å². The molecule has 4 aromatic rings. The average Bonchev–Trinajstić information content (AvgIpc) is 3.35. The molecular formula is C37H36Cl2N2O6S. The molecule has 8 nitrogen and oxygen atoms in total. The first kappa shape index (κ1) is 35.0. The normalized spacial score (nSPS) is 14.4. The number of allylic oxidation sites excluding steroid dienone is 2. The second-order valence-corrected chi connectivity index (χ2v) is 13.1. The van der Waals surface area contributed by atoms with Crippen molar-refractivity contribution in [2.45, 2.75) is 52.9 Å². The molecule has 0 bridgehead atoms. The lowest BCUT2D eigenvalue weighted by Gasteiger charge is -2.25. The molecule has 0 saturated heterocycles. The molecule has 0 N–H and O–H groups in total. The number of ether oxygens (including phenoxy) is 4. The van der Waals surface area contributed by atoms with Gasteiger partial charge >= 0.3 is 5.97 Å². The number of benzene rings is 3. The van der Waals surface area contributed by atoms with Crippen molar-refractivity contribution in [3.8, 4) is 17.2 Å². The van der Waals surface area contributed by atoms with Crippen LogP contribution in [-0.2, 0) is 22.6 Å². The molecule has 0 unspecified atom stereocenters. The van der Waals surface area contributed by atoms with Crippen molar-refractivity contribution in [3.05, 3.63) is 131 Å². The van der Waals surface area contributed by atoms with Crippen molar-refractivity contribution in [2.75, 3.05) is 13.7 Å². The highest BCUT2D eigenvalue weighted by Gasteiger charge is 2.34. The highest BCUT2D eigenvalue weighted by molar-refractivity contribution is 7.07. The Hall–Kier alpha value is -4.31. The van der Waals surface area contributed by atoms with E-state index in [-0.39, 0.29) is 23.8 Å². The Bertz CT molecular complexity index is 2080. The second kappa shape index (κ2) is 15.3. The number of hydrogen-bond donors (Lipinski definition) is 0. The maximum absolute atomic E-state index is 14.2. The predicted octanol–water partition coefficient (Wildman–Crippen LogP) is 7.21. The molecular weight excluding hydrogens is 671 g/mol. The van der Waals surface area contributed by atoms with Crippen LogP contribution in [0.3, 0.4) is 0 Å². The van der Waals surface area contributed by atoms with Crippen molar-refractivity contribution < 1.29 is 23.7 Å². The first-order chi connectivity index (χ1) is 23.0. The monoisotopic (exact) mass is 706 g/mol. The number of carbonyl (C=O) groups is 1. The minimum absolute atomic E-state index is 0.0742. The fourth-order valence-corrected chi connectivity index (χ4v) is 6.77. The minimum Gasteiger partial charge on any atom is -0.493 e. The van der Waals surface area contributed by atoms with Crippen molar-refractivity contribution >= 4 is 46.6 Å². The summed E-state index contributed by atoms with van der Waals surface area (Å²) in [4.78, 5) is 32.7. The number of esters is 1. The van der Waals surface area contributed by atoms with Crippen LogP contribution in [0, 0.1) is 0 Å². The summed E-state index contributed by atoms with van der Waals surface area (Å²) in [5.41, 5.74) is 3.71. The van der Waals surface area contributed by atoms with E-state index in [0.29, 0.717) is 60.9 Å². The van der Waals surface area contributed by atoms with Crippen LogP contribution in [0.25, 0.3) is 6.08 Å². The average molecular weight is 708 g/mol. The Kier molecular flexibility index (Phi) is 11.1. The van der Waals surface area contributed by atoms with Crippen LogP contribution in [0.2, 0.25) is 10.0 Å². The number of hydrogen-bond acceptors (Lipinski definition) is 8. The summed E-state index contributed by atoms with van der Waals surface area (Å²) in [5, 5.41) is 0.943. The van der Waals surface area contributed by atoms with Crippen molar-refractivity contribution in [2.24, 2.45) is 4.99 Å². The number of nitrogens with zero attached hydrogens (tertiary/aromatic N) is 2. The summed E-state index contributed by atoms with van der Waals surface area (Å²) < 4.78 is 25.1. The van der Waals surface area contributed by atoms with E-state index in [1.165, 1.54) is 11.3 Å². The molecule has 1 aromatic heterocycles. The van der Waals surface area contributed by atoms with Crippen LogP contribution in [0.15, 0.2) is 88.3 Å². The summed E-state index contributed by atoms with van der Waals surface area (Å²) in [6.45, 7) is 11.7. The summed E-state index contributed by atoms with van der Waals surface area (Å²) in [6.07, 6.45) is 4.10. The molecule has 48 heavy (non-hydrogen) atoms. The summed E-state index contributed by atoms with van der Waals surface area (Å²) in [6, 6.07) is 15.7. The zero-order chi connectivity index (χ0) is 34.5. The molecule has 11 heteroatoms. The van der Waals surface area contributed by atoms with E-state index in [1.807, 2.05) is 50.3 Å². The number of methoxy groups -OCH3 is 1. The number of halogens is 2. The van der Waals surface area contributed by atoms with Gasteiger partial charge in [0.1, 0.15) is 12.4 Å². The maximum atomic E-state index is 14.2. The largest absolute Gasteiger partial charge is 0.493 e. The second-order valence-electron chi connectivity index (χ2n) is 11.3. The molecule has 0 aliphatic carbocycles. The van der Waals surface area contributed by atoms with Gasteiger partial charge in [-0.1, -0.05) is 58.8 Å². The molecule has 0 amide bonds. The highest BCUT2D eigenvalue weighted by atomic mass is 35.5. The van der Waals surface area contributed by atoms with Gasteiger partial charge < -0.3 is 18.9 Å². The van der Waals surface area contributed by atoms with Crippen LogP contribution in [0.4, 0.5) is 0 Å². The predicted molar refractivity (Wildman–Crippen MR) is 190 cm³/mol. The van der Waals surface area contributed by atoms with Gasteiger partial charge in [-0.2, -0.15) is 0 Å². The molecule has 1 atom stereocenters. The number of fused-ring (bicyclic) bond motifs is 1.